The summed E-state index contributed by atoms with van der Waals surface area (Å²) in [5.41, 5.74) is 1.15. The van der Waals surface area contributed by atoms with E-state index in [1.807, 2.05) is 6.07 Å². The number of nitriles is 1. The molecule has 1 aromatic carbocycles. The summed E-state index contributed by atoms with van der Waals surface area (Å²) in [6.45, 7) is 0.00823. The Bertz CT molecular complexity index is 634. The van der Waals surface area contributed by atoms with E-state index < -0.39 is 19.1 Å². The smallest absolute Gasteiger partial charge is 0.487 e. The highest BCUT2D eigenvalue weighted by atomic mass is 16.6. The minimum absolute atomic E-state index is 0.00411. The first kappa shape index (κ1) is 14.6. The van der Waals surface area contributed by atoms with Gasteiger partial charge in [0.25, 0.3) is 0 Å². The topological polar surface area (TPSA) is 79.6 Å². The van der Waals surface area contributed by atoms with Gasteiger partial charge in [-0.15, -0.1) is 0 Å². The molecule has 1 aliphatic heterocycles. The third kappa shape index (κ3) is 4.38. The average Bonchev–Trinajstić information content (AvgIpc) is 2.43. The first-order valence-corrected chi connectivity index (χ1v) is 6.16. The van der Waals surface area contributed by atoms with Crippen molar-refractivity contribution in [1.82, 2.24) is 4.90 Å². The van der Waals surface area contributed by atoms with E-state index in [-0.39, 0.29) is 13.1 Å². The monoisotopic (exact) mass is 282 g/mol. The lowest BCUT2D eigenvalue weighted by Crippen LogP contribution is -2.42. The van der Waals surface area contributed by atoms with Crippen LogP contribution in [-0.4, -0.2) is 44.1 Å². The van der Waals surface area contributed by atoms with Gasteiger partial charge in [-0.2, -0.15) is 5.26 Å². The number of benzene rings is 1. The molecule has 1 fully saturated rings. The fourth-order valence-electron chi connectivity index (χ4n) is 1.66. The van der Waals surface area contributed by atoms with Crippen molar-refractivity contribution in [2.75, 3.05) is 20.1 Å². The van der Waals surface area contributed by atoms with Crippen molar-refractivity contribution in [3.8, 4) is 17.8 Å². The van der Waals surface area contributed by atoms with Gasteiger partial charge in [0.05, 0.1) is 24.7 Å². The van der Waals surface area contributed by atoms with Crippen LogP contribution in [0, 0.1) is 23.1 Å². The van der Waals surface area contributed by atoms with E-state index in [9.17, 15) is 9.59 Å². The highest BCUT2D eigenvalue weighted by Gasteiger charge is 2.30. The Labute approximate surface area is 122 Å². The lowest BCUT2D eigenvalue weighted by atomic mass is 9.90. The Hall–Kier alpha value is -2.77. The molecule has 0 spiro atoms. The predicted octanol–water partition coefficient (Wildman–Crippen LogP) is -0.0310. The largest absolute Gasteiger partial charge is 0.694 e. The quantitative estimate of drug-likeness (QED) is 0.491. The molecule has 21 heavy (non-hydrogen) atoms. The van der Waals surface area contributed by atoms with Gasteiger partial charge in [0, 0.05) is 5.56 Å². The van der Waals surface area contributed by atoms with Gasteiger partial charge < -0.3 is 9.31 Å². The molecular weight excluding hydrogens is 271 g/mol. The molecule has 0 bridgehead atoms. The number of nitrogens with zero attached hydrogens (tertiary/aromatic N) is 2. The van der Waals surface area contributed by atoms with E-state index in [4.69, 9.17) is 14.6 Å². The number of carbonyl (C=O) groups excluding carboxylic acids is 2. The molecule has 1 saturated heterocycles. The van der Waals surface area contributed by atoms with Crippen molar-refractivity contribution in [2.45, 2.75) is 0 Å². The second kappa shape index (κ2) is 6.60. The maximum Gasteiger partial charge on any atom is 0.694 e. The van der Waals surface area contributed by atoms with Crippen LogP contribution in [-0.2, 0) is 18.9 Å². The molecule has 0 unspecified atom stereocenters. The van der Waals surface area contributed by atoms with Gasteiger partial charge in [-0.1, -0.05) is 5.92 Å². The third-order valence-corrected chi connectivity index (χ3v) is 2.62. The summed E-state index contributed by atoms with van der Waals surface area (Å²) in [7, 11) is 0.403. The molecule has 104 valence electrons. The molecule has 1 heterocycles. The number of hydrogen-bond acceptors (Lipinski definition) is 6. The number of rotatable bonds is 0. The van der Waals surface area contributed by atoms with Crippen molar-refractivity contribution in [3.63, 3.8) is 0 Å². The molecule has 7 heteroatoms. The lowest BCUT2D eigenvalue weighted by Gasteiger charge is -2.20. The van der Waals surface area contributed by atoms with Crippen molar-refractivity contribution < 1.29 is 18.9 Å². The van der Waals surface area contributed by atoms with E-state index in [1.54, 1.807) is 31.3 Å². The first-order chi connectivity index (χ1) is 10.1. The minimum atomic E-state index is -1.21. The summed E-state index contributed by atoms with van der Waals surface area (Å²) in [5, 5.41) is 8.69. The van der Waals surface area contributed by atoms with Gasteiger partial charge in [-0.25, -0.2) is 0 Å². The summed E-state index contributed by atoms with van der Waals surface area (Å²) in [6.07, 6.45) is 0. The average molecular weight is 282 g/mol. The number of likely N-dealkylation sites (N-methyl/N-ethyl adjacent to an activating group) is 1. The van der Waals surface area contributed by atoms with E-state index >= 15 is 0 Å². The number of carbonyl (C=O) groups is 2. The van der Waals surface area contributed by atoms with Gasteiger partial charge in [0.1, 0.15) is 0 Å². The lowest BCUT2D eigenvalue weighted by molar-refractivity contribution is -0.145. The second-order valence-corrected chi connectivity index (χ2v) is 4.44. The Morgan fingerprint density at radius 1 is 1.10 bits per heavy atom. The Balaban J connectivity index is 2.10. The van der Waals surface area contributed by atoms with Crippen LogP contribution in [0.5, 0.6) is 0 Å². The summed E-state index contributed by atoms with van der Waals surface area (Å²) in [6, 6.07) is 8.56. The SMILES string of the molecule is CN1CC(=O)OB(C#Cc2ccc(C#N)cc2)OC(=O)C1. The van der Waals surface area contributed by atoms with E-state index in [0.29, 0.717) is 11.1 Å². The van der Waals surface area contributed by atoms with Crippen LogP contribution in [0.1, 0.15) is 11.1 Å². The van der Waals surface area contributed by atoms with Crippen molar-refractivity contribution >= 4 is 19.1 Å². The summed E-state index contributed by atoms with van der Waals surface area (Å²) in [4.78, 5) is 24.5. The molecule has 1 aliphatic rings. The standard InChI is InChI=1S/C14H11BN2O4/c1-17-9-13(18)20-15(21-14(19)10-17)7-6-11-2-4-12(8-16)5-3-11/h2-5H,9-10H2,1H3. The molecule has 0 radical (unpaired) electrons. The first-order valence-electron chi connectivity index (χ1n) is 6.16. The van der Waals surface area contributed by atoms with Gasteiger partial charge in [0.15, 0.2) is 0 Å². The van der Waals surface area contributed by atoms with Crippen LogP contribution in [0.4, 0.5) is 0 Å². The van der Waals surface area contributed by atoms with Crippen molar-refractivity contribution in [3.05, 3.63) is 35.4 Å². The fraction of sp³-hybridized carbons (Fsp3) is 0.214. The van der Waals surface area contributed by atoms with Gasteiger partial charge in [-0.05, 0) is 37.1 Å². The summed E-state index contributed by atoms with van der Waals surface area (Å²) in [5.74, 6) is 4.30. The zero-order valence-electron chi connectivity index (χ0n) is 11.3. The van der Waals surface area contributed by atoms with E-state index in [1.165, 1.54) is 4.90 Å². The molecule has 0 amide bonds. The Morgan fingerprint density at radius 2 is 1.62 bits per heavy atom. The molecule has 0 aromatic heterocycles. The zero-order chi connectivity index (χ0) is 15.2. The zero-order valence-corrected chi connectivity index (χ0v) is 11.3. The Morgan fingerprint density at radius 3 is 2.14 bits per heavy atom. The third-order valence-electron chi connectivity index (χ3n) is 2.62. The molecule has 0 N–H and O–H groups in total. The van der Waals surface area contributed by atoms with Crippen LogP contribution < -0.4 is 0 Å². The Kier molecular flexibility index (Phi) is 4.60. The molecule has 0 saturated carbocycles. The van der Waals surface area contributed by atoms with Gasteiger partial charge in [-0.3, -0.25) is 14.5 Å². The second-order valence-electron chi connectivity index (χ2n) is 4.44. The van der Waals surface area contributed by atoms with Crippen LogP contribution in [0.25, 0.3) is 0 Å². The van der Waals surface area contributed by atoms with Crippen LogP contribution in [0.15, 0.2) is 24.3 Å². The summed E-state index contributed by atoms with van der Waals surface area (Å²) < 4.78 is 9.90. The molecule has 2 rings (SSSR count). The van der Waals surface area contributed by atoms with E-state index in [2.05, 4.69) is 11.7 Å². The molecule has 0 aliphatic carbocycles. The van der Waals surface area contributed by atoms with Crippen molar-refractivity contribution in [1.29, 1.82) is 5.26 Å². The fourth-order valence-corrected chi connectivity index (χ4v) is 1.66. The maximum absolute atomic E-state index is 11.5. The molecule has 6 nitrogen and oxygen atoms in total. The van der Waals surface area contributed by atoms with Gasteiger partial charge in [0.2, 0.25) is 0 Å². The highest BCUT2D eigenvalue weighted by Crippen LogP contribution is 2.03. The van der Waals surface area contributed by atoms with Crippen LogP contribution >= 0.6 is 0 Å². The maximum atomic E-state index is 11.5. The molecular formula is C14H11BN2O4. The van der Waals surface area contributed by atoms with Crippen LogP contribution in [0.2, 0.25) is 0 Å². The predicted molar refractivity (Wildman–Crippen MR) is 73.5 cm³/mol. The minimum Gasteiger partial charge on any atom is -0.487 e. The normalized spacial score (nSPS) is 15.7. The molecule has 0 atom stereocenters. The summed E-state index contributed by atoms with van der Waals surface area (Å²) >= 11 is 0. The number of hydrogen-bond donors (Lipinski definition) is 0. The van der Waals surface area contributed by atoms with Crippen LogP contribution in [0.3, 0.4) is 0 Å². The van der Waals surface area contributed by atoms with Crippen molar-refractivity contribution in [2.24, 2.45) is 0 Å². The van der Waals surface area contributed by atoms with Gasteiger partial charge >= 0.3 is 19.1 Å². The highest BCUT2D eigenvalue weighted by molar-refractivity contribution is 6.58. The van der Waals surface area contributed by atoms with E-state index in [0.717, 1.165) is 0 Å². The molecule has 1 aromatic rings.